The molecule has 1 aliphatic rings. The average Bonchev–Trinajstić information content (AvgIpc) is 2.72. The van der Waals surface area contributed by atoms with Gasteiger partial charge in [-0.3, -0.25) is 14.3 Å². The van der Waals surface area contributed by atoms with Crippen LogP contribution >= 0.6 is 0 Å². The number of sulfonamides is 1. The maximum atomic E-state index is 12.7. The van der Waals surface area contributed by atoms with Crippen LogP contribution in [0.25, 0.3) is 0 Å². The van der Waals surface area contributed by atoms with E-state index >= 15 is 0 Å². The van der Waals surface area contributed by atoms with Gasteiger partial charge in [0, 0.05) is 0 Å². The van der Waals surface area contributed by atoms with Crippen LogP contribution in [0.5, 0.6) is 5.75 Å². The van der Waals surface area contributed by atoms with Crippen LogP contribution in [0.3, 0.4) is 0 Å². The fourth-order valence-electron chi connectivity index (χ4n) is 2.47. The van der Waals surface area contributed by atoms with Crippen molar-refractivity contribution in [2.75, 3.05) is 22.0 Å². The molecule has 26 heavy (non-hydrogen) atoms. The molecule has 0 spiro atoms. The molecule has 9 heteroatoms. The molecule has 0 saturated heterocycles. The van der Waals surface area contributed by atoms with Crippen molar-refractivity contribution in [3.8, 4) is 5.75 Å². The van der Waals surface area contributed by atoms with Gasteiger partial charge in [0.2, 0.25) is 11.8 Å². The molecule has 0 aromatic heterocycles. The van der Waals surface area contributed by atoms with Crippen molar-refractivity contribution in [2.24, 2.45) is 0 Å². The Hall–Kier alpha value is -3.07. The van der Waals surface area contributed by atoms with E-state index in [0.29, 0.717) is 23.7 Å². The number of amides is 2. The fraction of sp³-hybridized carbons (Fsp3) is 0.176. The topological polar surface area (TPSA) is 114 Å². The number of ether oxygens (including phenoxy) is 1. The van der Waals surface area contributed by atoms with Crippen molar-refractivity contribution in [3.05, 3.63) is 42.5 Å². The molecule has 3 N–H and O–H groups in total. The van der Waals surface area contributed by atoms with E-state index in [4.69, 9.17) is 4.74 Å². The third kappa shape index (κ3) is 3.77. The summed E-state index contributed by atoms with van der Waals surface area (Å²) in [7, 11) is -3.92. The van der Waals surface area contributed by atoms with Gasteiger partial charge in [0.1, 0.15) is 12.2 Å². The summed E-state index contributed by atoms with van der Waals surface area (Å²) in [5.74, 6) is -0.556. The van der Waals surface area contributed by atoms with Gasteiger partial charge in [-0.1, -0.05) is 12.1 Å². The van der Waals surface area contributed by atoms with Crippen molar-refractivity contribution < 1.29 is 22.7 Å². The summed E-state index contributed by atoms with van der Waals surface area (Å²) in [5, 5.41) is 5.07. The van der Waals surface area contributed by atoms with E-state index in [1.807, 2.05) is 0 Å². The number of fused-ring (bicyclic) bond motifs is 1. The van der Waals surface area contributed by atoms with Gasteiger partial charge < -0.3 is 15.4 Å². The molecular formula is C17H17N3O5S. The lowest BCUT2D eigenvalue weighted by Crippen LogP contribution is -2.16. The first-order valence-corrected chi connectivity index (χ1v) is 9.36. The lowest BCUT2D eigenvalue weighted by atomic mass is 10.2. The normalized spacial score (nSPS) is 13.9. The molecule has 2 amide bonds. The Kier molecular flexibility index (Phi) is 4.81. The van der Waals surface area contributed by atoms with E-state index in [-0.39, 0.29) is 17.0 Å². The van der Waals surface area contributed by atoms with Gasteiger partial charge in [-0.25, -0.2) is 8.42 Å². The van der Waals surface area contributed by atoms with Crippen LogP contribution in [-0.2, 0) is 19.6 Å². The summed E-state index contributed by atoms with van der Waals surface area (Å²) >= 11 is 0. The van der Waals surface area contributed by atoms with Gasteiger partial charge in [0.05, 0.1) is 28.6 Å². The minimum Gasteiger partial charge on any atom is -0.492 e. The second-order valence-electron chi connectivity index (χ2n) is 5.52. The Morgan fingerprint density at radius 1 is 1.04 bits per heavy atom. The third-order valence-electron chi connectivity index (χ3n) is 3.60. The summed E-state index contributed by atoms with van der Waals surface area (Å²) in [6.45, 7) is 2.19. The number of hydrogen-bond acceptors (Lipinski definition) is 5. The number of hydrogen-bond donors (Lipinski definition) is 3. The molecule has 1 aliphatic heterocycles. The molecule has 1 heterocycles. The van der Waals surface area contributed by atoms with Crippen molar-refractivity contribution in [1.82, 2.24) is 0 Å². The predicted octanol–water partition coefficient (Wildman–Crippen LogP) is 2.17. The standard InChI is InChI=1S/C17H17N3O5S/c1-2-25-15-6-4-3-5-13(15)20-26(23,24)11-7-8-12-14(9-11)19-17(22)10-16(21)18-12/h3-9,20H,2,10H2,1H3,(H,18,21)(H,19,22). The number of benzene rings is 2. The van der Waals surface area contributed by atoms with Crippen molar-refractivity contribution in [1.29, 1.82) is 0 Å². The zero-order valence-corrected chi connectivity index (χ0v) is 14.7. The number of rotatable bonds is 5. The predicted molar refractivity (Wildman–Crippen MR) is 96.7 cm³/mol. The molecule has 0 unspecified atom stereocenters. The van der Waals surface area contributed by atoms with Crippen LogP contribution < -0.4 is 20.1 Å². The molecule has 136 valence electrons. The summed E-state index contributed by atoms with van der Waals surface area (Å²) in [5.41, 5.74) is 0.873. The zero-order chi connectivity index (χ0) is 18.7. The minimum atomic E-state index is -3.92. The second kappa shape index (κ2) is 7.04. The van der Waals surface area contributed by atoms with Crippen LogP contribution in [0, 0.1) is 0 Å². The van der Waals surface area contributed by atoms with Crippen molar-refractivity contribution in [2.45, 2.75) is 18.2 Å². The molecule has 0 aliphatic carbocycles. The first kappa shape index (κ1) is 17.7. The Labute approximate surface area is 150 Å². The summed E-state index contributed by atoms with van der Waals surface area (Å²) in [4.78, 5) is 23.2. The molecule has 2 aromatic rings. The maximum absolute atomic E-state index is 12.7. The molecular weight excluding hydrogens is 358 g/mol. The molecule has 8 nitrogen and oxygen atoms in total. The monoisotopic (exact) mass is 375 g/mol. The van der Waals surface area contributed by atoms with E-state index in [1.165, 1.54) is 18.2 Å². The largest absolute Gasteiger partial charge is 0.492 e. The minimum absolute atomic E-state index is 0.0565. The van der Waals surface area contributed by atoms with Gasteiger partial charge >= 0.3 is 0 Å². The Balaban J connectivity index is 1.94. The number of nitrogens with one attached hydrogen (secondary N) is 3. The first-order chi connectivity index (χ1) is 12.4. The highest BCUT2D eigenvalue weighted by Crippen LogP contribution is 2.30. The Morgan fingerprint density at radius 3 is 2.46 bits per heavy atom. The molecule has 0 atom stereocenters. The number of carbonyl (C=O) groups is 2. The highest BCUT2D eigenvalue weighted by Gasteiger charge is 2.22. The highest BCUT2D eigenvalue weighted by molar-refractivity contribution is 7.92. The maximum Gasteiger partial charge on any atom is 0.262 e. The molecule has 0 fully saturated rings. The molecule has 0 bridgehead atoms. The molecule has 0 saturated carbocycles. The van der Waals surface area contributed by atoms with Crippen LogP contribution in [-0.4, -0.2) is 26.8 Å². The molecule has 3 rings (SSSR count). The molecule has 0 radical (unpaired) electrons. The number of carbonyl (C=O) groups excluding carboxylic acids is 2. The van der Waals surface area contributed by atoms with Crippen LogP contribution in [0.15, 0.2) is 47.4 Å². The van der Waals surface area contributed by atoms with E-state index in [1.54, 1.807) is 31.2 Å². The van der Waals surface area contributed by atoms with E-state index in [9.17, 15) is 18.0 Å². The SMILES string of the molecule is CCOc1ccccc1NS(=O)(=O)c1ccc2c(c1)NC(=O)CC(=O)N2. The van der Waals surface area contributed by atoms with Gasteiger partial charge in [0.15, 0.2) is 0 Å². The zero-order valence-electron chi connectivity index (χ0n) is 13.9. The lowest BCUT2D eigenvalue weighted by molar-refractivity contribution is -0.123. The lowest BCUT2D eigenvalue weighted by Gasteiger charge is -2.14. The van der Waals surface area contributed by atoms with Crippen LogP contribution in [0.4, 0.5) is 17.1 Å². The Morgan fingerprint density at radius 2 is 1.73 bits per heavy atom. The highest BCUT2D eigenvalue weighted by atomic mass is 32.2. The summed E-state index contributed by atoms with van der Waals surface area (Å²) < 4.78 is 33.3. The number of para-hydroxylation sites is 2. The van der Waals surface area contributed by atoms with Gasteiger partial charge in [-0.05, 0) is 37.3 Å². The van der Waals surface area contributed by atoms with Gasteiger partial charge in [0.25, 0.3) is 10.0 Å². The summed E-state index contributed by atoms with van der Waals surface area (Å²) in [6.07, 6.45) is -0.323. The van der Waals surface area contributed by atoms with E-state index in [0.717, 1.165) is 0 Å². The van der Waals surface area contributed by atoms with E-state index < -0.39 is 21.8 Å². The van der Waals surface area contributed by atoms with Crippen molar-refractivity contribution in [3.63, 3.8) is 0 Å². The number of anilines is 3. The smallest absolute Gasteiger partial charge is 0.262 e. The van der Waals surface area contributed by atoms with Crippen molar-refractivity contribution >= 4 is 38.9 Å². The average molecular weight is 375 g/mol. The van der Waals surface area contributed by atoms with Gasteiger partial charge in [-0.15, -0.1) is 0 Å². The fourth-order valence-corrected chi connectivity index (χ4v) is 3.57. The quantitative estimate of drug-likeness (QED) is 0.693. The van der Waals surface area contributed by atoms with Crippen LogP contribution in [0.1, 0.15) is 13.3 Å². The Bertz CT molecular complexity index is 972. The second-order valence-corrected chi connectivity index (χ2v) is 7.20. The van der Waals surface area contributed by atoms with E-state index in [2.05, 4.69) is 15.4 Å². The van der Waals surface area contributed by atoms with Gasteiger partial charge in [-0.2, -0.15) is 0 Å². The summed E-state index contributed by atoms with van der Waals surface area (Å²) in [6, 6.07) is 10.8. The third-order valence-corrected chi connectivity index (χ3v) is 4.97. The van der Waals surface area contributed by atoms with Crippen LogP contribution in [0.2, 0.25) is 0 Å². The molecule has 2 aromatic carbocycles. The first-order valence-electron chi connectivity index (χ1n) is 7.87.